The van der Waals surface area contributed by atoms with Crippen molar-refractivity contribution in [3.05, 3.63) is 120 Å². The van der Waals surface area contributed by atoms with Crippen molar-refractivity contribution in [2.45, 2.75) is 72.8 Å². The van der Waals surface area contributed by atoms with Crippen LogP contribution in [0.1, 0.15) is 82.9 Å². The second-order valence-corrected chi connectivity index (χ2v) is 14.1. The van der Waals surface area contributed by atoms with E-state index in [4.69, 9.17) is 4.98 Å². The Labute approximate surface area is 277 Å². The molecule has 0 atom stereocenters. The molecule has 6 aromatic carbocycles. The summed E-state index contributed by atoms with van der Waals surface area (Å²) >= 11 is 0. The molecule has 2 heterocycles. The summed E-state index contributed by atoms with van der Waals surface area (Å²) in [4.78, 5) is 5.39. The first-order valence-corrected chi connectivity index (χ1v) is 17.3. The molecule has 3 nitrogen and oxygen atoms in total. The monoisotopic (exact) mass is 613 g/mol. The van der Waals surface area contributed by atoms with E-state index in [1.807, 2.05) is 0 Å². The molecule has 47 heavy (non-hydrogen) atoms. The molecule has 0 amide bonds. The Balaban J connectivity index is 1.48. The maximum absolute atomic E-state index is 5.39. The topological polar surface area (TPSA) is 22.8 Å². The largest absolute Gasteiger partial charge is 0.341 e. The van der Waals surface area contributed by atoms with E-state index < -0.39 is 0 Å². The zero-order chi connectivity index (χ0) is 32.6. The Kier molecular flexibility index (Phi) is 6.98. The third-order valence-corrected chi connectivity index (χ3v) is 10.2. The fraction of sp³-hybridized carbons (Fsp3) is 0.250. The Morgan fingerprint density at radius 2 is 1.26 bits per heavy atom. The maximum atomic E-state index is 5.39. The number of nitrogens with zero attached hydrogens (tertiary/aromatic N) is 3. The summed E-state index contributed by atoms with van der Waals surface area (Å²) in [7, 11) is 0. The first-order valence-electron chi connectivity index (χ1n) is 17.3. The van der Waals surface area contributed by atoms with Crippen LogP contribution in [0.25, 0.3) is 71.5 Å². The zero-order valence-corrected chi connectivity index (χ0v) is 28.6. The van der Waals surface area contributed by atoms with E-state index in [0.29, 0.717) is 17.8 Å². The normalized spacial score (nSPS) is 12.4. The van der Waals surface area contributed by atoms with Crippen molar-refractivity contribution in [1.29, 1.82) is 0 Å². The molecule has 0 N–H and O–H groups in total. The summed E-state index contributed by atoms with van der Waals surface area (Å²) in [5.74, 6) is 2.18. The summed E-state index contributed by atoms with van der Waals surface area (Å²) in [6, 6.07) is 38.5. The molecule has 0 spiro atoms. The predicted octanol–water partition coefficient (Wildman–Crippen LogP) is 12.5. The third-order valence-electron chi connectivity index (χ3n) is 10.2. The van der Waals surface area contributed by atoms with Gasteiger partial charge in [0.25, 0.3) is 0 Å². The Morgan fingerprint density at radius 3 is 1.98 bits per heavy atom. The Hall–Kier alpha value is -4.89. The lowest BCUT2D eigenvalue weighted by Gasteiger charge is -2.25. The van der Waals surface area contributed by atoms with E-state index >= 15 is 0 Å². The van der Waals surface area contributed by atoms with Gasteiger partial charge in [0.2, 0.25) is 0 Å². The zero-order valence-electron chi connectivity index (χ0n) is 28.6. The molecule has 8 rings (SSSR count). The lowest BCUT2D eigenvalue weighted by atomic mass is 9.87. The highest BCUT2D eigenvalue weighted by atomic mass is 15.1. The van der Waals surface area contributed by atoms with Crippen LogP contribution >= 0.6 is 0 Å². The quantitative estimate of drug-likeness (QED) is 0.171. The minimum Gasteiger partial charge on any atom is -0.341 e. The van der Waals surface area contributed by atoms with Crippen molar-refractivity contribution in [2.24, 2.45) is 0 Å². The smallest absolute Gasteiger partial charge is 0.145 e. The first-order chi connectivity index (χ1) is 22.8. The number of para-hydroxylation sites is 2. The van der Waals surface area contributed by atoms with Crippen LogP contribution in [-0.4, -0.2) is 14.1 Å². The predicted molar refractivity (Wildman–Crippen MR) is 202 cm³/mol. The maximum Gasteiger partial charge on any atom is 0.145 e. The third kappa shape index (κ3) is 4.51. The highest BCUT2D eigenvalue weighted by Gasteiger charge is 2.24. The molecule has 0 fully saturated rings. The number of rotatable bonds is 6. The summed E-state index contributed by atoms with van der Waals surface area (Å²) in [5.41, 5.74) is 11.3. The highest BCUT2D eigenvalue weighted by molar-refractivity contribution is 6.25. The Morgan fingerprint density at radius 1 is 0.574 bits per heavy atom. The minimum absolute atomic E-state index is 0.362. The number of aryl methyl sites for hydroxylation is 1. The van der Waals surface area contributed by atoms with Crippen LogP contribution in [0.5, 0.6) is 0 Å². The number of hydrogen-bond acceptors (Lipinski definition) is 1. The van der Waals surface area contributed by atoms with Crippen LogP contribution < -0.4 is 0 Å². The number of benzene rings is 6. The summed E-state index contributed by atoms with van der Waals surface area (Å²) < 4.78 is 4.93. The van der Waals surface area contributed by atoms with Gasteiger partial charge in [-0.15, -0.1) is 0 Å². The van der Waals surface area contributed by atoms with Crippen molar-refractivity contribution in [1.82, 2.24) is 14.1 Å². The van der Waals surface area contributed by atoms with Gasteiger partial charge in [-0.2, -0.15) is 0 Å². The lowest BCUT2D eigenvalue weighted by molar-refractivity contribution is 0.788. The Bertz CT molecular complexity index is 2460. The molecule has 234 valence electrons. The second-order valence-electron chi connectivity index (χ2n) is 14.1. The van der Waals surface area contributed by atoms with Gasteiger partial charge in [0.05, 0.1) is 16.7 Å². The number of imidazole rings is 1. The van der Waals surface area contributed by atoms with E-state index in [-0.39, 0.29) is 0 Å². The number of hydrogen-bond donors (Lipinski definition) is 0. The van der Waals surface area contributed by atoms with Crippen molar-refractivity contribution in [3.8, 4) is 17.1 Å². The van der Waals surface area contributed by atoms with Crippen LogP contribution in [0.2, 0.25) is 0 Å². The van der Waals surface area contributed by atoms with E-state index in [2.05, 4.69) is 161 Å². The van der Waals surface area contributed by atoms with Crippen LogP contribution in [0, 0.1) is 0 Å². The van der Waals surface area contributed by atoms with Gasteiger partial charge in [0.1, 0.15) is 5.82 Å². The molecular formula is C44H43N3. The lowest BCUT2D eigenvalue weighted by Crippen LogP contribution is -2.10. The van der Waals surface area contributed by atoms with E-state index in [1.165, 1.54) is 65.7 Å². The molecule has 0 saturated heterocycles. The highest BCUT2D eigenvalue weighted by Crippen LogP contribution is 2.42. The van der Waals surface area contributed by atoms with Gasteiger partial charge < -0.3 is 4.57 Å². The van der Waals surface area contributed by atoms with Gasteiger partial charge in [-0.1, -0.05) is 108 Å². The van der Waals surface area contributed by atoms with Crippen molar-refractivity contribution < 1.29 is 0 Å². The van der Waals surface area contributed by atoms with E-state index in [1.54, 1.807) is 0 Å². The molecule has 3 heteroatoms. The van der Waals surface area contributed by atoms with Gasteiger partial charge in [-0.25, -0.2) is 4.98 Å². The van der Waals surface area contributed by atoms with Gasteiger partial charge >= 0.3 is 0 Å². The summed E-state index contributed by atoms with van der Waals surface area (Å²) in [6.45, 7) is 17.1. The fourth-order valence-corrected chi connectivity index (χ4v) is 7.79. The minimum atomic E-state index is 0.362. The van der Waals surface area contributed by atoms with Gasteiger partial charge in [0, 0.05) is 33.9 Å². The molecular weight excluding hydrogens is 571 g/mol. The average Bonchev–Trinajstić information content (AvgIpc) is 3.62. The van der Waals surface area contributed by atoms with E-state index in [9.17, 15) is 0 Å². The van der Waals surface area contributed by atoms with Crippen LogP contribution in [0.4, 0.5) is 0 Å². The number of aromatic nitrogens is 3. The molecule has 0 aliphatic heterocycles. The van der Waals surface area contributed by atoms with Gasteiger partial charge in [-0.05, 0) is 99.3 Å². The van der Waals surface area contributed by atoms with Gasteiger partial charge in [-0.3, -0.25) is 4.57 Å². The van der Waals surface area contributed by atoms with Crippen LogP contribution in [0.3, 0.4) is 0 Å². The SMILES string of the molecule is CCn1c2ccc(-c3nc4ccccc4n3-c3c(C(C)C)cc(C(C)C)cc3C(C)C)cc2c2c3ccc4ccccc4c3ccc21. The van der Waals surface area contributed by atoms with Crippen molar-refractivity contribution in [3.63, 3.8) is 0 Å². The number of fused-ring (bicyclic) bond motifs is 8. The molecule has 0 unspecified atom stereocenters. The molecule has 0 radical (unpaired) electrons. The molecule has 0 aliphatic rings. The van der Waals surface area contributed by atoms with Crippen molar-refractivity contribution >= 4 is 54.4 Å². The van der Waals surface area contributed by atoms with E-state index in [0.717, 1.165) is 29.0 Å². The molecule has 0 saturated carbocycles. The molecule has 8 aromatic rings. The first kappa shape index (κ1) is 29.5. The second kappa shape index (κ2) is 11.1. The molecule has 0 bridgehead atoms. The van der Waals surface area contributed by atoms with Crippen LogP contribution in [-0.2, 0) is 6.54 Å². The van der Waals surface area contributed by atoms with Crippen LogP contribution in [0.15, 0.2) is 103 Å². The summed E-state index contributed by atoms with van der Waals surface area (Å²) in [5, 5.41) is 7.78. The standard InChI is InChI=1S/C44H43N3/c1-8-46-39-21-18-30(23-37(39)42-34-19-17-29-13-9-10-14-32(29)33(34)20-22-41(42)46)44-45-38-15-11-12-16-40(38)47(44)43-35(27(4)5)24-31(26(2)3)25-36(43)28(6)7/h9-28H,8H2,1-7H3. The molecule has 2 aromatic heterocycles. The average molecular weight is 614 g/mol. The van der Waals surface area contributed by atoms with Crippen molar-refractivity contribution in [2.75, 3.05) is 0 Å². The van der Waals surface area contributed by atoms with Gasteiger partial charge in [0.15, 0.2) is 0 Å². The molecule has 0 aliphatic carbocycles. The summed E-state index contributed by atoms with van der Waals surface area (Å²) in [6.07, 6.45) is 0. The fourth-order valence-electron chi connectivity index (χ4n) is 7.79.